The SMILES string of the molecule is NNC(CCCCl)Cc1ccncc1. The molecule has 1 atom stereocenters. The molecule has 0 aliphatic carbocycles. The van der Waals surface area contributed by atoms with Crippen LogP contribution in [0.5, 0.6) is 0 Å². The number of alkyl halides is 1. The summed E-state index contributed by atoms with van der Waals surface area (Å²) in [6, 6.07) is 4.31. The van der Waals surface area contributed by atoms with Crippen LogP contribution < -0.4 is 11.3 Å². The highest BCUT2D eigenvalue weighted by Gasteiger charge is 2.06. The highest BCUT2D eigenvalue weighted by molar-refractivity contribution is 6.17. The molecule has 1 aromatic rings. The number of rotatable bonds is 6. The normalized spacial score (nSPS) is 12.7. The number of nitrogens with zero attached hydrogens (tertiary/aromatic N) is 1. The first-order valence-corrected chi connectivity index (χ1v) is 5.31. The van der Waals surface area contributed by atoms with Gasteiger partial charge in [-0.05, 0) is 37.0 Å². The van der Waals surface area contributed by atoms with Crippen molar-refractivity contribution in [3.63, 3.8) is 0 Å². The Morgan fingerprint density at radius 1 is 1.43 bits per heavy atom. The topological polar surface area (TPSA) is 50.9 Å². The second-order valence-corrected chi connectivity index (χ2v) is 3.63. The fourth-order valence-electron chi connectivity index (χ4n) is 1.37. The van der Waals surface area contributed by atoms with Gasteiger partial charge in [0.1, 0.15) is 0 Å². The number of pyridine rings is 1. The van der Waals surface area contributed by atoms with Crippen LogP contribution in [0.3, 0.4) is 0 Å². The molecule has 0 bridgehead atoms. The molecule has 3 nitrogen and oxygen atoms in total. The molecule has 0 fully saturated rings. The Kier molecular flexibility index (Phi) is 5.52. The third-order valence-electron chi connectivity index (χ3n) is 2.15. The van der Waals surface area contributed by atoms with E-state index in [1.807, 2.05) is 12.1 Å². The Bertz CT molecular complexity index is 240. The molecule has 14 heavy (non-hydrogen) atoms. The fraction of sp³-hybridized carbons (Fsp3) is 0.500. The summed E-state index contributed by atoms with van der Waals surface area (Å²) in [6.07, 6.45) is 6.51. The van der Waals surface area contributed by atoms with Gasteiger partial charge in [0.05, 0.1) is 0 Å². The van der Waals surface area contributed by atoms with Gasteiger partial charge >= 0.3 is 0 Å². The lowest BCUT2D eigenvalue weighted by atomic mass is 10.0. The zero-order chi connectivity index (χ0) is 10.2. The lowest BCUT2D eigenvalue weighted by Gasteiger charge is -2.14. The Balaban J connectivity index is 2.40. The van der Waals surface area contributed by atoms with E-state index in [1.54, 1.807) is 12.4 Å². The van der Waals surface area contributed by atoms with Crippen molar-refractivity contribution in [3.8, 4) is 0 Å². The molecule has 0 saturated carbocycles. The number of halogens is 1. The Labute approximate surface area is 89.6 Å². The molecule has 1 aromatic heterocycles. The van der Waals surface area contributed by atoms with E-state index in [0.717, 1.165) is 19.3 Å². The summed E-state index contributed by atoms with van der Waals surface area (Å²) < 4.78 is 0. The predicted octanol–water partition coefficient (Wildman–Crippen LogP) is 1.47. The smallest absolute Gasteiger partial charge is 0.0270 e. The quantitative estimate of drug-likeness (QED) is 0.428. The van der Waals surface area contributed by atoms with Gasteiger partial charge in [0.15, 0.2) is 0 Å². The first-order chi connectivity index (χ1) is 6.86. The van der Waals surface area contributed by atoms with E-state index in [2.05, 4.69) is 10.4 Å². The molecule has 0 saturated heterocycles. The van der Waals surface area contributed by atoms with Gasteiger partial charge < -0.3 is 0 Å². The Morgan fingerprint density at radius 3 is 2.71 bits per heavy atom. The van der Waals surface area contributed by atoms with Crippen molar-refractivity contribution < 1.29 is 0 Å². The molecule has 3 N–H and O–H groups in total. The largest absolute Gasteiger partial charge is 0.271 e. The van der Waals surface area contributed by atoms with Crippen LogP contribution in [0.15, 0.2) is 24.5 Å². The summed E-state index contributed by atoms with van der Waals surface area (Å²) in [6.45, 7) is 0. The van der Waals surface area contributed by atoms with E-state index in [9.17, 15) is 0 Å². The van der Waals surface area contributed by atoms with Crippen LogP contribution in [-0.2, 0) is 6.42 Å². The van der Waals surface area contributed by atoms with Crippen molar-refractivity contribution in [2.45, 2.75) is 25.3 Å². The van der Waals surface area contributed by atoms with Crippen LogP contribution in [0.1, 0.15) is 18.4 Å². The fourth-order valence-corrected chi connectivity index (χ4v) is 1.53. The van der Waals surface area contributed by atoms with Crippen LogP contribution in [0.25, 0.3) is 0 Å². The number of nitrogens with one attached hydrogen (secondary N) is 1. The van der Waals surface area contributed by atoms with E-state index < -0.39 is 0 Å². The van der Waals surface area contributed by atoms with E-state index >= 15 is 0 Å². The Hall–Kier alpha value is -0.640. The zero-order valence-electron chi connectivity index (χ0n) is 8.12. The van der Waals surface area contributed by atoms with Crippen molar-refractivity contribution in [1.82, 2.24) is 10.4 Å². The molecule has 1 unspecified atom stereocenters. The molecule has 1 rings (SSSR count). The maximum atomic E-state index is 5.63. The molecule has 78 valence electrons. The summed E-state index contributed by atoms with van der Waals surface area (Å²) in [5, 5.41) is 0. The molecular weight excluding hydrogens is 198 g/mol. The molecule has 4 heteroatoms. The first kappa shape index (κ1) is 11.4. The van der Waals surface area contributed by atoms with Gasteiger partial charge in [-0.1, -0.05) is 0 Å². The van der Waals surface area contributed by atoms with E-state index in [-0.39, 0.29) is 0 Å². The van der Waals surface area contributed by atoms with Crippen molar-refractivity contribution in [2.24, 2.45) is 5.84 Å². The molecule has 0 aliphatic heterocycles. The summed E-state index contributed by atoms with van der Waals surface area (Å²) in [7, 11) is 0. The zero-order valence-corrected chi connectivity index (χ0v) is 8.87. The van der Waals surface area contributed by atoms with Gasteiger partial charge in [-0.3, -0.25) is 16.3 Å². The Morgan fingerprint density at radius 2 is 2.14 bits per heavy atom. The summed E-state index contributed by atoms with van der Waals surface area (Å²) in [5.41, 5.74) is 4.05. The summed E-state index contributed by atoms with van der Waals surface area (Å²) in [4.78, 5) is 3.97. The van der Waals surface area contributed by atoms with Gasteiger partial charge in [-0.2, -0.15) is 0 Å². The average molecular weight is 214 g/mol. The number of hydrogen-bond donors (Lipinski definition) is 2. The second kappa shape index (κ2) is 6.76. The standard InChI is InChI=1S/C10H16ClN3/c11-5-1-2-10(14-12)8-9-3-6-13-7-4-9/h3-4,6-7,10,14H,1-2,5,8,12H2. The van der Waals surface area contributed by atoms with Crippen molar-refractivity contribution in [3.05, 3.63) is 30.1 Å². The first-order valence-electron chi connectivity index (χ1n) is 4.78. The molecule has 0 radical (unpaired) electrons. The molecular formula is C10H16ClN3. The van der Waals surface area contributed by atoms with Crippen LogP contribution in [0.4, 0.5) is 0 Å². The van der Waals surface area contributed by atoms with Crippen LogP contribution in [0.2, 0.25) is 0 Å². The average Bonchev–Trinajstić information content (AvgIpc) is 2.25. The maximum Gasteiger partial charge on any atom is 0.0270 e. The van der Waals surface area contributed by atoms with Crippen molar-refractivity contribution in [2.75, 3.05) is 5.88 Å². The molecule has 1 heterocycles. The number of hydrogen-bond acceptors (Lipinski definition) is 3. The summed E-state index contributed by atoms with van der Waals surface area (Å²) >= 11 is 5.63. The number of nitrogens with two attached hydrogens (primary N) is 1. The maximum absolute atomic E-state index is 5.63. The lowest BCUT2D eigenvalue weighted by molar-refractivity contribution is 0.487. The number of aromatic nitrogens is 1. The minimum absolute atomic E-state index is 0.302. The molecule has 0 amide bonds. The predicted molar refractivity (Wildman–Crippen MR) is 59.0 cm³/mol. The van der Waals surface area contributed by atoms with Gasteiger partial charge in [0.25, 0.3) is 0 Å². The van der Waals surface area contributed by atoms with E-state index in [0.29, 0.717) is 11.9 Å². The minimum Gasteiger partial charge on any atom is -0.271 e. The van der Waals surface area contributed by atoms with Crippen LogP contribution >= 0.6 is 11.6 Å². The van der Waals surface area contributed by atoms with Crippen LogP contribution in [0, 0.1) is 0 Å². The van der Waals surface area contributed by atoms with Gasteiger partial charge in [-0.25, -0.2) is 0 Å². The minimum atomic E-state index is 0.302. The molecule has 0 aromatic carbocycles. The van der Waals surface area contributed by atoms with E-state index in [4.69, 9.17) is 17.4 Å². The summed E-state index contributed by atoms with van der Waals surface area (Å²) in [5.74, 6) is 6.14. The lowest BCUT2D eigenvalue weighted by Crippen LogP contribution is -2.36. The van der Waals surface area contributed by atoms with Crippen LogP contribution in [-0.4, -0.2) is 16.9 Å². The highest BCUT2D eigenvalue weighted by atomic mass is 35.5. The van der Waals surface area contributed by atoms with Gasteiger partial charge in [0, 0.05) is 24.3 Å². The van der Waals surface area contributed by atoms with Crippen molar-refractivity contribution >= 4 is 11.6 Å². The third kappa shape index (κ3) is 4.05. The van der Waals surface area contributed by atoms with Gasteiger partial charge in [0.2, 0.25) is 0 Å². The third-order valence-corrected chi connectivity index (χ3v) is 2.42. The number of hydrazine groups is 1. The highest BCUT2D eigenvalue weighted by Crippen LogP contribution is 2.06. The molecule has 0 aliphatic rings. The van der Waals surface area contributed by atoms with Gasteiger partial charge in [-0.15, -0.1) is 11.6 Å². The van der Waals surface area contributed by atoms with E-state index in [1.165, 1.54) is 5.56 Å². The monoisotopic (exact) mass is 213 g/mol. The second-order valence-electron chi connectivity index (χ2n) is 3.25. The van der Waals surface area contributed by atoms with Crippen molar-refractivity contribution in [1.29, 1.82) is 0 Å². The molecule has 0 spiro atoms.